The molecule has 0 amide bonds. The summed E-state index contributed by atoms with van der Waals surface area (Å²) in [6.07, 6.45) is 13.6. The fourth-order valence-electron chi connectivity index (χ4n) is 3.25. The van der Waals surface area contributed by atoms with E-state index in [0.717, 1.165) is 24.5 Å². The van der Waals surface area contributed by atoms with Crippen LogP contribution in [0.3, 0.4) is 0 Å². The van der Waals surface area contributed by atoms with Crippen molar-refractivity contribution in [2.45, 2.75) is 126 Å². The van der Waals surface area contributed by atoms with Gasteiger partial charge in [0.05, 0.1) is 5.76 Å². The maximum atomic E-state index is 10.5. The lowest BCUT2D eigenvalue weighted by atomic mass is 9.91. The van der Waals surface area contributed by atoms with E-state index in [4.69, 9.17) is 14.3 Å². The van der Waals surface area contributed by atoms with Crippen LogP contribution in [-0.4, -0.2) is 26.0 Å². The summed E-state index contributed by atoms with van der Waals surface area (Å²) < 4.78 is 11.2. The monoisotopic (exact) mass is 444 g/mol. The molecule has 1 aliphatic heterocycles. The van der Waals surface area contributed by atoms with E-state index in [9.17, 15) is 4.79 Å². The highest BCUT2D eigenvalue weighted by Gasteiger charge is 2.23. The van der Waals surface area contributed by atoms with Crippen LogP contribution in [0.25, 0.3) is 0 Å². The number of unbranched alkanes of at least 4 members (excludes halogenated alkanes) is 2. The van der Waals surface area contributed by atoms with Gasteiger partial charge in [0.2, 0.25) is 6.29 Å². The fraction of sp³-hybridized carbons (Fsp3) is 0.852. The molecule has 0 N–H and O–H groups in total. The van der Waals surface area contributed by atoms with Crippen LogP contribution in [-0.2, 0) is 19.1 Å². The smallest absolute Gasteiger partial charge is 0.201 e. The zero-order chi connectivity index (χ0) is 24.9. The van der Waals surface area contributed by atoms with Crippen molar-refractivity contribution in [2.24, 2.45) is 17.3 Å². The van der Waals surface area contributed by atoms with Crippen molar-refractivity contribution in [3.63, 3.8) is 0 Å². The maximum Gasteiger partial charge on any atom is 0.201 e. The van der Waals surface area contributed by atoms with E-state index in [1.807, 2.05) is 34.5 Å². The minimum atomic E-state index is -0.0264. The molecule has 0 saturated heterocycles. The molecular weight excluding hydrogens is 388 g/mol. The van der Waals surface area contributed by atoms with Crippen LogP contribution in [0.2, 0.25) is 0 Å². The zero-order valence-corrected chi connectivity index (χ0v) is 22.5. The van der Waals surface area contributed by atoms with Crippen LogP contribution in [0.1, 0.15) is 122 Å². The van der Waals surface area contributed by atoms with Gasteiger partial charge in [-0.05, 0) is 37.2 Å². The standard InChI is InChI=1S/C15H26O2.C7H14O.2C2H6.CH2O.H2/c1-12-8-11-14(17-15(12)16-2)7-5-3-4-6-13-9-10-13;1-6(8)5-7(2,3)4;3*1-2;/h11-13,15H,3-10H2,1-2H3;5H2,1-4H3;2*1-2H3;1H2;1H/t12-,15+;;;;;/m1...../s1. The zero-order valence-electron chi connectivity index (χ0n) is 22.5. The van der Waals surface area contributed by atoms with Crippen LogP contribution in [0.5, 0.6) is 0 Å². The molecule has 0 bridgehead atoms. The summed E-state index contributed by atoms with van der Waals surface area (Å²) in [5, 5.41) is 0. The van der Waals surface area contributed by atoms with E-state index in [0.29, 0.717) is 12.3 Å². The van der Waals surface area contributed by atoms with Crippen LogP contribution in [0, 0.1) is 17.3 Å². The molecule has 1 saturated carbocycles. The second kappa shape index (κ2) is 22.0. The Kier molecular flexibility index (Phi) is 24.5. The van der Waals surface area contributed by atoms with E-state index in [2.05, 4.69) is 33.8 Å². The normalized spacial score (nSPS) is 19.2. The lowest BCUT2D eigenvalue weighted by molar-refractivity contribution is -0.135. The summed E-state index contributed by atoms with van der Waals surface area (Å²) in [4.78, 5) is 18.5. The number of ether oxygens (including phenoxy) is 2. The average molecular weight is 445 g/mol. The van der Waals surface area contributed by atoms with Gasteiger partial charge in [-0.25, -0.2) is 0 Å². The molecule has 188 valence electrons. The van der Waals surface area contributed by atoms with E-state index in [1.165, 1.54) is 38.5 Å². The molecule has 0 unspecified atom stereocenters. The molecule has 0 radical (unpaired) electrons. The van der Waals surface area contributed by atoms with Crippen LogP contribution >= 0.6 is 0 Å². The van der Waals surface area contributed by atoms with Crippen molar-refractivity contribution >= 4 is 12.6 Å². The molecule has 2 atom stereocenters. The second-order valence-corrected chi connectivity index (χ2v) is 9.09. The van der Waals surface area contributed by atoms with Crippen molar-refractivity contribution in [3.05, 3.63) is 11.8 Å². The summed E-state index contributed by atoms with van der Waals surface area (Å²) in [6.45, 7) is 20.0. The third-order valence-corrected chi connectivity index (χ3v) is 4.69. The Labute approximate surface area is 196 Å². The minimum absolute atomic E-state index is 0. The van der Waals surface area contributed by atoms with E-state index in [1.54, 1.807) is 14.0 Å². The van der Waals surface area contributed by atoms with Crippen LogP contribution < -0.4 is 0 Å². The number of hydrogen-bond donors (Lipinski definition) is 0. The number of allylic oxidation sites excluding steroid dienone is 2. The number of rotatable bonds is 8. The van der Waals surface area contributed by atoms with Crippen LogP contribution in [0.4, 0.5) is 0 Å². The van der Waals surface area contributed by atoms with Crippen molar-refractivity contribution in [1.29, 1.82) is 0 Å². The fourth-order valence-corrected chi connectivity index (χ4v) is 3.25. The van der Waals surface area contributed by atoms with Gasteiger partial charge in [-0.3, -0.25) is 0 Å². The first-order valence-corrected chi connectivity index (χ1v) is 12.4. The first kappa shape index (κ1) is 34.5. The lowest BCUT2D eigenvalue weighted by Gasteiger charge is -2.28. The van der Waals surface area contributed by atoms with Gasteiger partial charge in [0, 0.05) is 27.3 Å². The highest BCUT2D eigenvalue weighted by atomic mass is 16.7. The van der Waals surface area contributed by atoms with Crippen LogP contribution in [0.15, 0.2) is 11.8 Å². The molecule has 0 spiro atoms. The van der Waals surface area contributed by atoms with E-state index < -0.39 is 0 Å². The number of hydrogen-bond acceptors (Lipinski definition) is 4. The Morgan fingerprint density at radius 1 is 1.13 bits per heavy atom. The Morgan fingerprint density at radius 3 is 2.06 bits per heavy atom. The maximum absolute atomic E-state index is 10.5. The van der Waals surface area contributed by atoms with Gasteiger partial charge >= 0.3 is 0 Å². The lowest BCUT2D eigenvalue weighted by Crippen LogP contribution is -2.26. The number of methoxy groups -OCH3 is 1. The molecule has 4 heteroatoms. The van der Waals surface area contributed by atoms with Gasteiger partial charge in [-0.2, -0.15) is 0 Å². The molecule has 4 nitrogen and oxygen atoms in total. The predicted octanol–water partition coefficient (Wildman–Crippen LogP) is 8.38. The highest BCUT2D eigenvalue weighted by molar-refractivity contribution is 5.76. The SMILES string of the molecule is C=O.CC.CC.CC(=O)CC(C)(C)C.CO[C@H]1OC(CCCCCC2CC2)=CC[C@H]1C.[HH]. The average Bonchev–Trinajstić information content (AvgIpc) is 3.56. The summed E-state index contributed by atoms with van der Waals surface area (Å²) >= 11 is 0. The number of carbonyl (C=O) groups is 2. The third-order valence-electron chi connectivity index (χ3n) is 4.69. The van der Waals surface area contributed by atoms with Gasteiger partial charge in [-0.15, -0.1) is 0 Å². The van der Waals surface area contributed by atoms with Crippen molar-refractivity contribution in [2.75, 3.05) is 7.11 Å². The summed E-state index contributed by atoms with van der Waals surface area (Å²) in [5.74, 6) is 3.00. The summed E-state index contributed by atoms with van der Waals surface area (Å²) in [5.41, 5.74) is 0.172. The Morgan fingerprint density at radius 2 is 1.68 bits per heavy atom. The minimum Gasteiger partial charge on any atom is -0.469 e. The summed E-state index contributed by atoms with van der Waals surface area (Å²) in [7, 11) is 1.74. The van der Waals surface area contributed by atoms with Crippen molar-refractivity contribution in [1.82, 2.24) is 0 Å². The molecule has 2 rings (SSSR count). The molecule has 1 fully saturated rings. The molecule has 0 aromatic carbocycles. The highest BCUT2D eigenvalue weighted by Crippen LogP contribution is 2.34. The first-order chi connectivity index (χ1) is 14.7. The number of carbonyl (C=O) groups excluding carboxylic acids is 2. The molecule has 2 aliphatic rings. The van der Waals surface area contributed by atoms with Gasteiger partial charge in [0.25, 0.3) is 0 Å². The largest absolute Gasteiger partial charge is 0.469 e. The quantitative estimate of drug-likeness (QED) is 0.353. The second-order valence-electron chi connectivity index (χ2n) is 9.09. The Hall–Kier alpha value is -1.16. The van der Waals surface area contributed by atoms with E-state index in [-0.39, 0.29) is 18.9 Å². The molecular formula is C27H56O4. The number of Topliss-reactive ketones (excluding diaryl/α,β-unsaturated/α-hetero) is 1. The van der Waals surface area contributed by atoms with Gasteiger partial charge < -0.3 is 19.1 Å². The molecule has 0 aromatic rings. The third kappa shape index (κ3) is 23.3. The summed E-state index contributed by atoms with van der Waals surface area (Å²) in [6, 6.07) is 0. The Balaban J connectivity index is -0.000000223. The molecule has 1 heterocycles. The van der Waals surface area contributed by atoms with Gasteiger partial charge in [0.1, 0.15) is 12.6 Å². The Bertz CT molecular complexity index is 439. The first-order valence-electron chi connectivity index (χ1n) is 12.4. The molecule has 0 aromatic heterocycles. The van der Waals surface area contributed by atoms with Crippen molar-refractivity contribution in [3.8, 4) is 0 Å². The topological polar surface area (TPSA) is 52.6 Å². The molecule has 31 heavy (non-hydrogen) atoms. The van der Waals surface area contributed by atoms with Crippen molar-refractivity contribution < 1.29 is 20.5 Å². The van der Waals surface area contributed by atoms with E-state index >= 15 is 0 Å². The van der Waals surface area contributed by atoms with Gasteiger partial charge in [0.15, 0.2) is 0 Å². The predicted molar refractivity (Wildman–Crippen MR) is 136 cm³/mol. The van der Waals surface area contributed by atoms with Gasteiger partial charge in [-0.1, -0.05) is 87.5 Å². The molecule has 1 aliphatic carbocycles. The number of ketones is 1.